The SMILES string of the molecule is [3H]c1csc(OCc2c(I)ccnc2-n2nnn(C)c2=O)n1. The quantitative estimate of drug-likeness (QED) is 0.588. The first-order valence-corrected chi connectivity index (χ1v) is 7.70. The van der Waals surface area contributed by atoms with Crippen LogP contribution in [0.15, 0.2) is 28.6 Å². The minimum Gasteiger partial charge on any atom is -0.465 e. The maximum Gasteiger partial charge on any atom is 0.369 e. The summed E-state index contributed by atoms with van der Waals surface area (Å²) in [4.78, 5) is 20.1. The largest absolute Gasteiger partial charge is 0.465 e. The molecule has 0 aliphatic rings. The summed E-state index contributed by atoms with van der Waals surface area (Å²) in [7, 11) is 1.52. The van der Waals surface area contributed by atoms with Gasteiger partial charge in [-0.25, -0.2) is 14.8 Å². The zero-order valence-corrected chi connectivity index (χ0v) is 13.7. The highest BCUT2D eigenvalue weighted by Gasteiger charge is 2.16. The number of halogens is 1. The lowest BCUT2D eigenvalue weighted by molar-refractivity contribution is 0.302. The van der Waals surface area contributed by atoms with Crippen LogP contribution in [0.25, 0.3) is 5.82 Å². The second-order valence-corrected chi connectivity index (χ2v) is 5.91. The molecule has 0 radical (unpaired) electrons. The summed E-state index contributed by atoms with van der Waals surface area (Å²) in [6, 6.07) is 1.81. The zero-order chi connectivity index (χ0) is 15.7. The molecular weight excluding hydrogens is 407 g/mol. The van der Waals surface area contributed by atoms with Gasteiger partial charge in [0, 0.05) is 33.9 Å². The van der Waals surface area contributed by atoms with Crippen LogP contribution in [-0.4, -0.2) is 29.8 Å². The molecule has 10 heteroatoms. The smallest absolute Gasteiger partial charge is 0.369 e. The number of rotatable bonds is 4. The number of nitrogens with zero attached hydrogens (tertiary/aromatic N) is 6. The molecule has 0 aliphatic heterocycles. The van der Waals surface area contributed by atoms with Crippen molar-refractivity contribution in [3.8, 4) is 11.0 Å². The van der Waals surface area contributed by atoms with E-state index in [-0.39, 0.29) is 12.8 Å². The van der Waals surface area contributed by atoms with E-state index in [9.17, 15) is 4.79 Å². The summed E-state index contributed by atoms with van der Waals surface area (Å²) in [5, 5.41) is 9.45. The molecule has 0 unspecified atom stereocenters. The van der Waals surface area contributed by atoms with Crippen LogP contribution < -0.4 is 10.4 Å². The molecule has 21 heavy (non-hydrogen) atoms. The number of aryl methyl sites for hydroxylation is 1. The molecule has 108 valence electrons. The second-order valence-electron chi connectivity index (χ2n) is 3.92. The molecule has 3 aromatic heterocycles. The van der Waals surface area contributed by atoms with Crippen LogP contribution in [0.5, 0.6) is 5.19 Å². The average Bonchev–Trinajstić information content (AvgIpc) is 3.05. The molecule has 0 saturated heterocycles. The maximum atomic E-state index is 12.0. The van der Waals surface area contributed by atoms with E-state index in [4.69, 9.17) is 6.11 Å². The highest BCUT2D eigenvalue weighted by molar-refractivity contribution is 14.1. The van der Waals surface area contributed by atoms with Crippen molar-refractivity contribution in [2.45, 2.75) is 6.61 Å². The van der Waals surface area contributed by atoms with E-state index < -0.39 is 5.69 Å². The van der Waals surface area contributed by atoms with Crippen LogP contribution in [0.2, 0.25) is 0 Å². The van der Waals surface area contributed by atoms with Crippen LogP contribution in [0.4, 0.5) is 0 Å². The molecule has 0 saturated carbocycles. The van der Waals surface area contributed by atoms with Gasteiger partial charge >= 0.3 is 5.69 Å². The zero-order valence-electron chi connectivity index (χ0n) is 11.7. The fourth-order valence-corrected chi connectivity index (χ4v) is 2.60. The third kappa shape index (κ3) is 2.81. The molecule has 0 spiro atoms. The van der Waals surface area contributed by atoms with Crippen LogP contribution in [0.1, 0.15) is 6.93 Å². The number of tetrazole rings is 1. The van der Waals surface area contributed by atoms with Gasteiger partial charge in [-0.15, -0.1) is 4.68 Å². The lowest BCUT2D eigenvalue weighted by Crippen LogP contribution is -2.24. The third-order valence-electron chi connectivity index (χ3n) is 2.61. The van der Waals surface area contributed by atoms with Crippen molar-refractivity contribution >= 4 is 33.9 Å². The summed E-state index contributed by atoms with van der Waals surface area (Å²) in [5.74, 6) is 0.368. The molecule has 0 atom stereocenters. The molecule has 0 amide bonds. The predicted octanol–water partition coefficient (Wildman–Crippen LogP) is 1.00. The van der Waals surface area contributed by atoms with E-state index in [0.717, 1.165) is 12.9 Å². The van der Waals surface area contributed by atoms with Crippen molar-refractivity contribution in [3.63, 3.8) is 0 Å². The summed E-state index contributed by atoms with van der Waals surface area (Å²) >= 11 is 3.37. The van der Waals surface area contributed by atoms with Crippen molar-refractivity contribution in [2.24, 2.45) is 7.05 Å². The Balaban J connectivity index is 1.96. The number of pyridine rings is 1. The van der Waals surface area contributed by atoms with Crippen LogP contribution in [0, 0.1) is 3.57 Å². The molecule has 0 bridgehead atoms. The lowest BCUT2D eigenvalue weighted by atomic mass is 10.3. The molecule has 3 heterocycles. The van der Waals surface area contributed by atoms with Crippen LogP contribution in [0.3, 0.4) is 0 Å². The van der Waals surface area contributed by atoms with Crippen molar-refractivity contribution in [2.75, 3.05) is 0 Å². The van der Waals surface area contributed by atoms with Gasteiger partial charge in [-0.05, 0) is 39.1 Å². The standard InChI is InChI=1S/C11H9IN6O2S/c1-17-11(19)18(16-15-17)9-7(8(12)2-3-13-9)6-20-10-14-4-5-21-10/h2-5H,6H2,1H3/i4T. The average molecular weight is 418 g/mol. The van der Waals surface area contributed by atoms with E-state index >= 15 is 0 Å². The number of hydrogen-bond donors (Lipinski definition) is 0. The molecule has 8 nitrogen and oxygen atoms in total. The fourth-order valence-electron chi connectivity index (χ4n) is 1.60. The van der Waals surface area contributed by atoms with Crippen molar-refractivity contribution in [1.29, 1.82) is 0 Å². The first kappa shape index (κ1) is 12.9. The molecule has 0 fully saturated rings. The van der Waals surface area contributed by atoms with Crippen LogP contribution >= 0.6 is 33.9 Å². The van der Waals surface area contributed by atoms with Crippen molar-refractivity contribution < 1.29 is 6.11 Å². The second kappa shape index (κ2) is 5.89. The predicted molar refractivity (Wildman–Crippen MR) is 83.6 cm³/mol. The minimum atomic E-state index is -0.390. The van der Waals surface area contributed by atoms with Crippen LogP contribution in [-0.2, 0) is 13.7 Å². The Kier molecular flexibility index (Phi) is 3.61. The lowest BCUT2D eigenvalue weighted by Gasteiger charge is -2.09. The van der Waals surface area contributed by atoms with Crippen molar-refractivity contribution in [1.82, 2.24) is 29.8 Å². The van der Waals surface area contributed by atoms with E-state index in [1.54, 1.807) is 11.6 Å². The van der Waals surface area contributed by atoms with Gasteiger partial charge in [-0.3, -0.25) is 0 Å². The van der Waals surface area contributed by atoms with Gasteiger partial charge < -0.3 is 4.74 Å². The first-order chi connectivity index (χ1) is 10.6. The Bertz CT molecular complexity index is 876. The van der Waals surface area contributed by atoms with Gasteiger partial charge in [0.2, 0.25) is 0 Å². The Labute approximate surface area is 137 Å². The van der Waals surface area contributed by atoms with Gasteiger partial charge in [-0.2, -0.15) is 4.68 Å². The van der Waals surface area contributed by atoms with Gasteiger partial charge in [0.15, 0.2) is 5.82 Å². The monoisotopic (exact) mass is 418 g/mol. The normalized spacial score (nSPS) is 11.4. The number of thiazole rings is 1. The number of ether oxygens (including phenoxy) is 1. The van der Waals surface area contributed by atoms with E-state index in [2.05, 4.69) is 43.0 Å². The van der Waals surface area contributed by atoms with Crippen molar-refractivity contribution in [3.05, 3.63) is 43.4 Å². The van der Waals surface area contributed by atoms with E-state index in [0.29, 0.717) is 16.6 Å². The maximum absolute atomic E-state index is 12.0. The summed E-state index contributed by atoms with van der Waals surface area (Å²) < 4.78 is 16.1. The molecule has 0 aromatic carbocycles. The van der Waals surface area contributed by atoms with Gasteiger partial charge in [-0.1, -0.05) is 11.3 Å². The molecule has 3 rings (SSSR count). The van der Waals surface area contributed by atoms with E-state index in [1.807, 2.05) is 6.07 Å². The highest BCUT2D eigenvalue weighted by Crippen LogP contribution is 2.21. The summed E-state index contributed by atoms with van der Waals surface area (Å²) in [6.07, 6.45) is 1.75. The summed E-state index contributed by atoms with van der Waals surface area (Å²) in [6.45, 7) is 0.164. The minimum absolute atomic E-state index is 0.159. The Hall–Kier alpha value is -1.82. The summed E-state index contributed by atoms with van der Waals surface area (Å²) in [5.41, 5.74) is 0.311. The Morgan fingerprint density at radius 2 is 2.33 bits per heavy atom. The third-order valence-corrected chi connectivity index (χ3v) is 4.25. The topological polar surface area (TPSA) is 87.7 Å². The van der Waals surface area contributed by atoms with Gasteiger partial charge in [0.05, 0.1) is 1.37 Å². The van der Waals surface area contributed by atoms with Gasteiger partial charge in [0.25, 0.3) is 5.19 Å². The highest BCUT2D eigenvalue weighted by atomic mass is 127. The molecule has 3 aromatic rings. The van der Waals surface area contributed by atoms with E-state index in [1.165, 1.54) is 18.4 Å². The first-order valence-electron chi connectivity index (χ1n) is 6.24. The molecular formula is C11H9IN6O2S. The Morgan fingerprint density at radius 1 is 1.48 bits per heavy atom. The molecule has 0 aliphatic carbocycles. The molecule has 0 N–H and O–H groups in total. The fraction of sp³-hybridized carbons (Fsp3) is 0.182. The Morgan fingerprint density at radius 3 is 3.00 bits per heavy atom. The van der Waals surface area contributed by atoms with Gasteiger partial charge in [0.1, 0.15) is 6.61 Å². The number of hydrogen-bond acceptors (Lipinski definition) is 7. The number of aromatic nitrogens is 6.